The molecule has 2 N–H and O–H groups in total. The van der Waals surface area contributed by atoms with Crippen LogP contribution >= 0.6 is 0 Å². The van der Waals surface area contributed by atoms with E-state index in [1.807, 2.05) is 24.3 Å². The number of carbonyl (C=O) groups excluding carboxylic acids is 1. The maximum atomic E-state index is 11.5. The number of rotatable bonds is 8. The number of hydrogen-bond acceptors (Lipinski definition) is 3. The monoisotopic (exact) mass is 265 g/mol. The molecule has 0 radical (unpaired) electrons. The summed E-state index contributed by atoms with van der Waals surface area (Å²) in [4.78, 5) is 11.5. The van der Waals surface area contributed by atoms with E-state index in [0.717, 1.165) is 18.6 Å². The predicted octanol–water partition coefficient (Wildman–Crippen LogP) is 1.90. The van der Waals surface area contributed by atoms with Gasteiger partial charge >= 0.3 is 0 Å². The Kier molecular flexibility index (Phi) is 6.97. The Morgan fingerprint density at radius 2 is 2.05 bits per heavy atom. The highest BCUT2D eigenvalue weighted by Gasteiger charge is 2.02. The summed E-state index contributed by atoms with van der Waals surface area (Å²) in [6.45, 7) is 2.26. The number of aliphatic hydroxyl groups excluding tert-OH is 1. The number of aryl methyl sites for hydroxylation is 1. The molecule has 1 aromatic carbocycles. The Labute approximate surface area is 114 Å². The lowest BCUT2D eigenvalue weighted by molar-refractivity contribution is -0.121. The molecule has 0 aliphatic carbocycles. The average molecular weight is 265 g/mol. The van der Waals surface area contributed by atoms with Crippen molar-refractivity contribution in [2.45, 2.75) is 38.7 Å². The molecule has 19 heavy (non-hydrogen) atoms. The Balaban J connectivity index is 2.16. The van der Waals surface area contributed by atoms with Gasteiger partial charge in [-0.15, -0.1) is 0 Å². The zero-order valence-corrected chi connectivity index (χ0v) is 11.7. The summed E-state index contributed by atoms with van der Waals surface area (Å²) in [5, 5.41) is 11.9. The van der Waals surface area contributed by atoms with Crippen molar-refractivity contribution in [3.05, 3.63) is 29.8 Å². The minimum absolute atomic E-state index is 0.0501. The molecule has 1 atom stereocenters. The quantitative estimate of drug-likeness (QED) is 0.755. The number of ether oxygens (including phenoxy) is 1. The van der Waals surface area contributed by atoms with Gasteiger partial charge in [-0.2, -0.15) is 0 Å². The van der Waals surface area contributed by atoms with E-state index >= 15 is 0 Å². The molecule has 0 spiro atoms. The van der Waals surface area contributed by atoms with E-state index in [9.17, 15) is 4.79 Å². The third-order valence-electron chi connectivity index (χ3n) is 2.91. The number of aliphatic hydroxyl groups is 1. The fourth-order valence-corrected chi connectivity index (χ4v) is 1.75. The molecular formula is C15H23NO3. The second kappa shape index (κ2) is 8.53. The summed E-state index contributed by atoms with van der Waals surface area (Å²) in [7, 11) is 1.65. The third-order valence-corrected chi connectivity index (χ3v) is 2.91. The van der Waals surface area contributed by atoms with Crippen LogP contribution in [0.15, 0.2) is 24.3 Å². The van der Waals surface area contributed by atoms with Crippen molar-refractivity contribution in [3.8, 4) is 5.75 Å². The first-order valence-corrected chi connectivity index (χ1v) is 6.69. The van der Waals surface area contributed by atoms with E-state index in [0.29, 0.717) is 19.4 Å². The van der Waals surface area contributed by atoms with Crippen molar-refractivity contribution >= 4 is 5.91 Å². The molecule has 4 nitrogen and oxygen atoms in total. The lowest BCUT2D eigenvalue weighted by Crippen LogP contribution is -2.26. The van der Waals surface area contributed by atoms with E-state index in [-0.39, 0.29) is 12.0 Å². The zero-order valence-electron chi connectivity index (χ0n) is 11.7. The molecular weight excluding hydrogens is 242 g/mol. The van der Waals surface area contributed by atoms with Gasteiger partial charge in [0.25, 0.3) is 0 Å². The van der Waals surface area contributed by atoms with Gasteiger partial charge in [-0.25, -0.2) is 0 Å². The van der Waals surface area contributed by atoms with Crippen molar-refractivity contribution in [2.24, 2.45) is 0 Å². The fourth-order valence-electron chi connectivity index (χ4n) is 1.75. The number of carbonyl (C=O) groups is 1. The van der Waals surface area contributed by atoms with Crippen LogP contribution in [-0.2, 0) is 11.2 Å². The first-order chi connectivity index (χ1) is 9.11. The highest BCUT2D eigenvalue weighted by Crippen LogP contribution is 2.13. The highest BCUT2D eigenvalue weighted by atomic mass is 16.5. The Hall–Kier alpha value is -1.55. The number of benzene rings is 1. The van der Waals surface area contributed by atoms with Gasteiger partial charge in [0.1, 0.15) is 5.75 Å². The van der Waals surface area contributed by atoms with Gasteiger partial charge in [-0.3, -0.25) is 4.79 Å². The standard InChI is InChI=1S/C15H23NO3/c1-12(17)10-11-16-15(18)5-3-4-13-6-8-14(19-2)9-7-13/h6-9,12,17H,3-5,10-11H2,1-2H3,(H,16,18). The largest absolute Gasteiger partial charge is 0.497 e. The third kappa shape index (κ3) is 6.82. The van der Waals surface area contributed by atoms with Crippen LogP contribution in [0.25, 0.3) is 0 Å². The van der Waals surface area contributed by atoms with E-state index in [4.69, 9.17) is 9.84 Å². The number of hydrogen-bond donors (Lipinski definition) is 2. The van der Waals surface area contributed by atoms with Gasteiger partial charge in [0.2, 0.25) is 5.91 Å². The Bertz CT molecular complexity index is 373. The number of nitrogens with one attached hydrogen (secondary N) is 1. The maximum Gasteiger partial charge on any atom is 0.220 e. The van der Waals surface area contributed by atoms with Gasteiger partial charge < -0.3 is 15.2 Å². The van der Waals surface area contributed by atoms with Gasteiger partial charge in [-0.1, -0.05) is 12.1 Å². The molecule has 1 amide bonds. The molecule has 0 heterocycles. The minimum Gasteiger partial charge on any atom is -0.497 e. The molecule has 0 aromatic heterocycles. The predicted molar refractivity (Wildman–Crippen MR) is 75.2 cm³/mol. The lowest BCUT2D eigenvalue weighted by atomic mass is 10.1. The molecule has 0 fully saturated rings. The fraction of sp³-hybridized carbons (Fsp3) is 0.533. The van der Waals surface area contributed by atoms with Crippen LogP contribution in [0.1, 0.15) is 31.7 Å². The summed E-state index contributed by atoms with van der Waals surface area (Å²) in [6.07, 6.45) is 2.47. The molecule has 1 aromatic rings. The molecule has 0 aliphatic rings. The van der Waals surface area contributed by atoms with Crippen LogP contribution < -0.4 is 10.1 Å². The topological polar surface area (TPSA) is 58.6 Å². The van der Waals surface area contributed by atoms with Gasteiger partial charge in [0, 0.05) is 13.0 Å². The van der Waals surface area contributed by atoms with Crippen molar-refractivity contribution in [3.63, 3.8) is 0 Å². The van der Waals surface area contributed by atoms with Crippen molar-refractivity contribution in [1.82, 2.24) is 5.32 Å². The first kappa shape index (κ1) is 15.5. The summed E-state index contributed by atoms with van der Waals surface area (Å²) in [6, 6.07) is 7.89. The molecule has 0 aliphatic heterocycles. The van der Waals surface area contributed by atoms with E-state index in [1.165, 1.54) is 5.56 Å². The van der Waals surface area contributed by atoms with Crippen LogP contribution in [-0.4, -0.2) is 30.8 Å². The Morgan fingerprint density at radius 1 is 1.37 bits per heavy atom. The normalized spacial score (nSPS) is 11.9. The molecule has 1 unspecified atom stereocenters. The summed E-state index contributed by atoms with van der Waals surface area (Å²) >= 11 is 0. The smallest absolute Gasteiger partial charge is 0.220 e. The molecule has 106 valence electrons. The van der Waals surface area contributed by atoms with E-state index in [1.54, 1.807) is 14.0 Å². The van der Waals surface area contributed by atoms with Crippen LogP contribution in [0.5, 0.6) is 5.75 Å². The average Bonchev–Trinajstić information content (AvgIpc) is 2.39. The molecule has 0 saturated heterocycles. The second-order valence-electron chi connectivity index (χ2n) is 4.69. The SMILES string of the molecule is COc1ccc(CCCC(=O)NCCC(C)O)cc1. The van der Waals surface area contributed by atoms with Gasteiger partial charge in [0.05, 0.1) is 13.2 Å². The lowest BCUT2D eigenvalue weighted by Gasteiger charge is -2.07. The maximum absolute atomic E-state index is 11.5. The van der Waals surface area contributed by atoms with E-state index in [2.05, 4.69) is 5.32 Å². The Morgan fingerprint density at radius 3 is 2.63 bits per heavy atom. The number of methoxy groups -OCH3 is 1. The first-order valence-electron chi connectivity index (χ1n) is 6.69. The van der Waals surface area contributed by atoms with Crippen molar-refractivity contribution < 1.29 is 14.6 Å². The van der Waals surface area contributed by atoms with E-state index < -0.39 is 0 Å². The summed E-state index contributed by atoms with van der Waals surface area (Å²) in [5.74, 6) is 0.897. The molecule has 0 saturated carbocycles. The molecule has 0 bridgehead atoms. The van der Waals surface area contributed by atoms with Crippen LogP contribution in [0.4, 0.5) is 0 Å². The summed E-state index contributed by atoms with van der Waals surface area (Å²) in [5.41, 5.74) is 1.21. The van der Waals surface area contributed by atoms with Gasteiger partial charge in [0.15, 0.2) is 0 Å². The summed E-state index contributed by atoms with van der Waals surface area (Å²) < 4.78 is 5.09. The molecule has 4 heteroatoms. The van der Waals surface area contributed by atoms with Crippen LogP contribution in [0.3, 0.4) is 0 Å². The zero-order chi connectivity index (χ0) is 14.1. The van der Waals surface area contributed by atoms with Crippen molar-refractivity contribution in [1.29, 1.82) is 0 Å². The van der Waals surface area contributed by atoms with Crippen LogP contribution in [0, 0.1) is 0 Å². The van der Waals surface area contributed by atoms with Crippen molar-refractivity contribution in [2.75, 3.05) is 13.7 Å². The van der Waals surface area contributed by atoms with Gasteiger partial charge in [-0.05, 0) is 43.9 Å². The minimum atomic E-state index is -0.361. The van der Waals surface area contributed by atoms with Crippen LogP contribution in [0.2, 0.25) is 0 Å². The second-order valence-corrected chi connectivity index (χ2v) is 4.69. The number of amides is 1. The highest BCUT2D eigenvalue weighted by molar-refractivity contribution is 5.75. The molecule has 1 rings (SSSR count).